The summed E-state index contributed by atoms with van der Waals surface area (Å²) in [5.74, 6) is 1.19. The summed E-state index contributed by atoms with van der Waals surface area (Å²) >= 11 is 5.75. The quantitative estimate of drug-likeness (QED) is 0.759. The number of nitrogens with zero attached hydrogens (tertiary/aromatic N) is 2. The van der Waals surface area contributed by atoms with E-state index in [1.54, 1.807) is 10.9 Å². The van der Waals surface area contributed by atoms with Gasteiger partial charge < -0.3 is 10.5 Å². The maximum atomic E-state index is 5.75. The molecule has 1 fully saturated rings. The van der Waals surface area contributed by atoms with Crippen molar-refractivity contribution in [3.63, 3.8) is 0 Å². The van der Waals surface area contributed by atoms with Crippen LogP contribution >= 0.6 is 11.6 Å². The summed E-state index contributed by atoms with van der Waals surface area (Å²) in [7, 11) is 0. The smallest absolute Gasteiger partial charge is 0.164 e. The van der Waals surface area contributed by atoms with Gasteiger partial charge in [0.25, 0.3) is 0 Å². The zero-order valence-electron chi connectivity index (χ0n) is 7.95. The van der Waals surface area contributed by atoms with Crippen molar-refractivity contribution in [2.24, 2.45) is 5.92 Å². The molecule has 1 heterocycles. The summed E-state index contributed by atoms with van der Waals surface area (Å²) in [6.45, 7) is 2.27. The first kappa shape index (κ1) is 9.80. The molecule has 1 aliphatic carbocycles. The fourth-order valence-corrected chi connectivity index (χ4v) is 1.37. The molecule has 0 atom stereocenters. The van der Waals surface area contributed by atoms with Gasteiger partial charge in [0.15, 0.2) is 5.82 Å². The molecule has 0 saturated heterocycles. The van der Waals surface area contributed by atoms with Gasteiger partial charge >= 0.3 is 0 Å². The third-order valence-corrected chi connectivity index (χ3v) is 2.55. The highest BCUT2D eigenvalue weighted by atomic mass is 35.5. The molecule has 0 radical (unpaired) electrons. The van der Waals surface area contributed by atoms with Gasteiger partial charge in [-0.3, -0.25) is 4.68 Å². The normalized spacial score (nSPS) is 16.1. The van der Waals surface area contributed by atoms with E-state index in [2.05, 4.69) is 5.10 Å². The van der Waals surface area contributed by atoms with Crippen molar-refractivity contribution in [3.05, 3.63) is 11.2 Å². The third-order valence-electron chi connectivity index (χ3n) is 2.26. The van der Waals surface area contributed by atoms with E-state index in [9.17, 15) is 0 Å². The Labute approximate surface area is 88.0 Å². The van der Waals surface area contributed by atoms with Crippen LogP contribution in [0.15, 0.2) is 6.20 Å². The minimum atomic E-state index is 0.383. The lowest BCUT2D eigenvalue weighted by Gasteiger charge is -2.02. The molecule has 0 amide bonds. The number of rotatable bonds is 5. The fourth-order valence-electron chi connectivity index (χ4n) is 1.22. The Morgan fingerprint density at radius 3 is 3.00 bits per heavy atom. The first-order chi connectivity index (χ1) is 6.75. The van der Waals surface area contributed by atoms with Crippen LogP contribution in [0.5, 0.6) is 0 Å². The summed E-state index contributed by atoms with van der Waals surface area (Å²) in [6, 6.07) is 0. The van der Waals surface area contributed by atoms with Gasteiger partial charge in [-0.2, -0.15) is 5.10 Å². The molecule has 1 aromatic heterocycles. The van der Waals surface area contributed by atoms with Crippen molar-refractivity contribution in [2.75, 3.05) is 18.9 Å². The third kappa shape index (κ3) is 2.62. The van der Waals surface area contributed by atoms with Crippen LogP contribution in [0.3, 0.4) is 0 Å². The summed E-state index contributed by atoms with van der Waals surface area (Å²) in [4.78, 5) is 0. The molecule has 1 aliphatic rings. The van der Waals surface area contributed by atoms with Gasteiger partial charge in [-0.25, -0.2) is 0 Å². The van der Waals surface area contributed by atoms with Gasteiger partial charge in [0.2, 0.25) is 0 Å². The Kier molecular flexibility index (Phi) is 2.93. The highest BCUT2D eigenvalue weighted by Gasteiger charge is 2.20. The Bertz CT molecular complexity index is 290. The highest BCUT2D eigenvalue weighted by Crippen LogP contribution is 2.28. The van der Waals surface area contributed by atoms with Crippen molar-refractivity contribution in [1.82, 2.24) is 9.78 Å². The molecule has 0 aromatic carbocycles. The number of aromatic nitrogens is 2. The van der Waals surface area contributed by atoms with E-state index in [1.165, 1.54) is 12.8 Å². The predicted molar refractivity (Wildman–Crippen MR) is 55.2 cm³/mol. The van der Waals surface area contributed by atoms with E-state index in [4.69, 9.17) is 22.1 Å². The minimum Gasteiger partial charge on any atom is -0.381 e. The van der Waals surface area contributed by atoms with Gasteiger partial charge in [-0.1, -0.05) is 11.6 Å². The first-order valence-corrected chi connectivity index (χ1v) is 5.19. The van der Waals surface area contributed by atoms with Gasteiger partial charge in [-0.15, -0.1) is 0 Å². The number of halogens is 1. The van der Waals surface area contributed by atoms with Crippen LogP contribution in [0.25, 0.3) is 0 Å². The fraction of sp³-hybridized carbons (Fsp3) is 0.667. The lowest BCUT2D eigenvalue weighted by atomic mass is 10.5. The molecule has 4 nitrogen and oxygen atoms in total. The zero-order chi connectivity index (χ0) is 9.97. The second-order valence-corrected chi connectivity index (χ2v) is 4.05. The van der Waals surface area contributed by atoms with E-state index < -0.39 is 0 Å². The number of ether oxygens (including phenoxy) is 1. The molecular formula is C9H14ClN3O. The molecule has 1 saturated carbocycles. The molecular weight excluding hydrogens is 202 g/mol. The lowest BCUT2D eigenvalue weighted by molar-refractivity contribution is 0.114. The van der Waals surface area contributed by atoms with Crippen molar-refractivity contribution >= 4 is 17.4 Å². The van der Waals surface area contributed by atoms with Crippen LogP contribution in [0, 0.1) is 5.92 Å². The number of nitrogen functional groups attached to an aromatic ring is 1. The SMILES string of the molecule is Nc1nn(CCOCC2CC2)cc1Cl. The Balaban J connectivity index is 1.68. The van der Waals surface area contributed by atoms with Crippen molar-refractivity contribution in [3.8, 4) is 0 Å². The standard InChI is InChI=1S/C9H14ClN3O/c10-8-5-13(12-9(8)11)3-4-14-6-7-1-2-7/h5,7H,1-4,6H2,(H2,11,12). The van der Waals surface area contributed by atoms with Crippen molar-refractivity contribution in [2.45, 2.75) is 19.4 Å². The molecule has 0 bridgehead atoms. The summed E-state index contributed by atoms with van der Waals surface area (Å²) in [5, 5.41) is 4.53. The molecule has 78 valence electrons. The Morgan fingerprint density at radius 1 is 1.64 bits per heavy atom. The average Bonchev–Trinajstić information content (AvgIpc) is 2.90. The number of hydrogen-bond acceptors (Lipinski definition) is 3. The predicted octanol–water partition coefficient (Wildman–Crippen LogP) is 1.55. The summed E-state index contributed by atoms with van der Waals surface area (Å²) < 4.78 is 7.18. The molecule has 2 rings (SSSR count). The second-order valence-electron chi connectivity index (χ2n) is 3.64. The molecule has 5 heteroatoms. The van der Waals surface area contributed by atoms with Crippen LogP contribution in [-0.4, -0.2) is 23.0 Å². The number of hydrogen-bond donors (Lipinski definition) is 1. The maximum Gasteiger partial charge on any atom is 0.164 e. The maximum absolute atomic E-state index is 5.75. The van der Waals surface area contributed by atoms with Gasteiger partial charge in [0.1, 0.15) is 5.02 Å². The van der Waals surface area contributed by atoms with E-state index in [0.717, 1.165) is 12.5 Å². The van der Waals surface area contributed by atoms with Gasteiger partial charge in [0.05, 0.1) is 13.2 Å². The first-order valence-electron chi connectivity index (χ1n) is 4.82. The van der Waals surface area contributed by atoms with Crippen LogP contribution < -0.4 is 5.73 Å². The highest BCUT2D eigenvalue weighted by molar-refractivity contribution is 6.32. The van der Waals surface area contributed by atoms with Crippen LogP contribution in [-0.2, 0) is 11.3 Å². The molecule has 0 spiro atoms. The summed E-state index contributed by atoms with van der Waals surface area (Å²) in [5.41, 5.74) is 5.50. The Morgan fingerprint density at radius 2 is 2.43 bits per heavy atom. The van der Waals surface area contributed by atoms with Crippen LogP contribution in [0.1, 0.15) is 12.8 Å². The molecule has 1 aromatic rings. The topological polar surface area (TPSA) is 53.1 Å². The molecule has 2 N–H and O–H groups in total. The number of nitrogens with two attached hydrogens (primary N) is 1. The van der Waals surface area contributed by atoms with E-state index in [-0.39, 0.29) is 0 Å². The van der Waals surface area contributed by atoms with Gasteiger partial charge in [-0.05, 0) is 18.8 Å². The van der Waals surface area contributed by atoms with E-state index in [1.807, 2.05) is 0 Å². The molecule has 0 unspecified atom stereocenters. The largest absolute Gasteiger partial charge is 0.381 e. The monoisotopic (exact) mass is 215 g/mol. The number of anilines is 1. The second kappa shape index (κ2) is 4.19. The summed E-state index contributed by atoms with van der Waals surface area (Å²) in [6.07, 6.45) is 4.36. The van der Waals surface area contributed by atoms with E-state index in [0.29, 0.717) is 24.0 Å². The zero-order valence-corrected chi connectivity index (χ0v) is 8.70. The van der Waals surface area contributed by atoms with Crippen LogP contribution in [0.2, 0.25) is 5.02 Å². The van der Waals surface area contributed by atoms with Crippen molar-refractivity contribution in [1.29, 1.82) is 0 Å². The average molecular weight is 216 g/mol. The van der Waals surface area contributed by atoms with Gasteiger partial charge in [0, 0.05) is 12.8 Å². The molecule has 14 heavy (non-hydrogen) atoms. The van der Waals surface area contributed by atoms with Crippen molar-refractivity contribution < 1.29 is 4.74 Å². The molecule has 0 aliphatic heterocycles. The van der Waals surface area contributed by atoms with E-state index >= 15 is 0 Å². The van der Waals surface area contributed by atoms with Crippen LogP contribution in [0.4, 0.5) is 5.82 Å². The Hall–Kier alpha value is -0.740. The lowest BCUT2D eigenvalue weighted by Crippen LogP contribution is -2.08. The minimum absolute atomic E-state index is 0.383.